The number of cyclic esters (lactones) is 2. The van der Waals surface area contributed by atoms with E-state index in [1.54, 1.807) is 12.2 Å². The van der Waals surface area contributed by atoms with Gasteiger partial charge in [-0.15, -0.1) is 0 Å². The van der Waals surface area contributed by atoms with Gasteiger partial charge in [-0.3, -0.25) is 9.59 Å². The molecular formula is C16H20O3. The summed E-state index contributed by atoms with van der Waals surface area (Å²) in [6.07, 6.45) is 11.1. The number of carbonyl (C=O) groups excluding carboxylic acids is 2. The quantitative estimate of drug-likeness (QED) is 0.337. The van der Waals surface area contributed by atoms with Crippen LogP contribution in [0.1, 0.15) is 27.7 Å². The van der Waals surface area contributed by atoms with E-state index in [-0.39, 0.29) is 0 Å². The zero-order valence-corrected chi connectivity index (χ0v) is 11.8. The Morgan fingerprint density at radius 1 is 1.00 bits per heavy atom. The smallest absolute Gasteiger partial charge is 0.322 e. The van der Waals surface area contributed by atoms with Crippen LogP contribution in [0.15, 0.2) is 47.6 Å². The summed E-state index contributed by atoms with van der Waals surface area (Å²) in [4.78, 5) is 23.6. The fourth-order valence-corrected chi connectivity index (χ4v) is 2.24. The van der Waals surface area contributed by atoms with Crippen molar-refractivity contribution in [2.45, 2.75) is 27.7 Å². The molecule has 1 aliphatic heterocycles. The lowest BCUT2D eigenvalue weighted by Gasteiger charge is -2.14. The van der Waals surface area contributed by atoms with Crippen molar-refractivity contribution in [3.63, 3.8) is 0 Å². The second-order valence-electron chi connectivity index (χ2n) is 4.41. The van der Waals surface area contributed by atoms with Crippen molar-refractivity contribution in [2.24, 2.45) is 11.8 Å². The number of rotatable bonds is 4. The van der Waals surface area contributed by atoms with Crippen molar-refractivity contribution in [1.29, 1.82) is 0 Å². The molecular weight excluding hydrogens is 240 g/mol. The van der Waals surface area contributed by atoms with Gasteiger partial charge >= 0.3 is 11.9 Å². The molecule has 0 aromatic heterocycles. The minimum atomic E-state index is -0.545. The number of ether oxygens (including phenoxy) is 1. The number of allylic oxidation sites excluding steroid dienone is 6. The van der Waals surface area contributed by atoms with Crippen LogP contribution < -0.4 is 0 Å². The molecule has 1 fully saturated rings. The molecule has 3 heteroatoms. The first-order valence-corrected chi connectivity index (χ1v) is 6.41. The maximum Gasteiger partial charge on any atom is 0.322 e. The van der Waals surface area contributed by atoms with Crippen LogP contribution in [0.4, 0.5) is 0 Å². The Morgan fingerprint density at radius 2 is 1.63 bits per heavy atom. The minimum Gasteiger partial charge on any atom is -0.392 e. The Morgan fingerprint density at radius 3 is 2.16 bits per heavy atom. The highest BCUT2D eigenvalue weighted by Gasteiger charge is 2.44. The minimum absolute atomic E-state index is 0.468. The van der Waals surface area contributed by atoms with E-state index >= 15 is 0 Å². The van der Waals surface area contributed by atoms with Gasteiger partial charge in [0.1, 0.15) is 0 Å². The summed E-state index contributed by atoms with van der Waals surface area (Å²) in [5, 5.41) is 0. The number of carbonyl (C=O) groups is 2. The zero-order valence-electron chi connectivity index (χ0n) is 11.8. The number of esters is 2. The van der Waals surface area contributed by atoms with Crippen molar-refractivity contribution in [3.05, 3.63) is 47.6 Å². The predicted molar refractivity (Wildman–Crippen MR) is 75.2 cm³/mol. The lowest BCUT2D eigenvalue weighted by molar-refractivity contribution is -0.153. The van der Waals surface area contributed by atoms with Crippen LogP contribution in [-0.2, 0) is 14.3 Å². The van der Waals surface area contributed by atoms with Gasteiger partial charge in [-0.25, -0.2) is 0 Å². The summed E-state index contributed by atoms with van der Waals surface area (Å²) in [5.41, 5.74) is 1.80. The SMILES string of the molecule is C/C=C/C(C)=C(/C=C/C)C1C(=O)OC(=O)C1/C=C/C. The van der Waals surface area contributed by atoms with Gasteiger partial charge in [-0.2, -0.15) is 0 Å². The summed E-state index contributed by atoms with van der Waals surface area (Å²) in [6.45, 7) is 7.55. The van der Waals surface area contributed by atoms with E-state index in [1.165, 1.54) is 0 Å². The molecule has 0 amide bonds. The maximum absolute atomic E-state index is 11.9. The molecule has 2 atom stereocenters. The Balaban J connectivity index is 3.31. The molecule has 1 aliphatic rings. The summed E-state index contributed by atoms with van der Waals surface area (Å²) in [5.74, 6) is -2.01. The van der Waals surface area contributed by atoms with E-state index in [9.17, 15) is 9.59 Å². The van der Waals surface area contributed by atoms with Gasteiger partial charge in [0.25, 0.3) is 0 Å². The molecule has 0 radical (unpaired) electrons. The third-order valence-electron chi connectivity index (χ3n) is 3.04. The molecule has 19 heavy (non-hydrogen) atoms. The first-order chi connectivity index (χ1) is 9.06. The third kappa shape index (κ3) is 3.31. The first kappa shape index (κ1) is 15.2. The Labute approximate surface area is 114 Å². The summed E-state index contributed by atoms with van der Waals surface area (Å²) in [7, 11) is 0. The van der Waals surface area contributed by atoms with Crippen LogP contribution in [0.25, 0.3) is 0 Å². The van der Waals surface area contributed by atoms with Gasteiger partial charge in [0.05, 0.1) is 11.8 Å². The molecule has 0 saturated carbocycles. The van der Waals surface area contributed by atoms with Crippen molar-refractivity contribution in [3.8, 4) is 0 Å². The van der Waals surface area contributed by atoms with E-state index in [2.05, 4.69) is 0 Å². The van der Waals surface area contributed by atoms with Gasteiger partial charge in [0, 0.05) is 0 Å². The molecule has 0 aliphatic carbocycles. The lowest BCUT2D eigenvalue weighted by Crippen LogP contribution is -2.18. The average Bonchev–Trinajstić information content (AvgIpc) is 2.62. The monoisotopic (exact) mass is 260 g/mol. The fourth-order valence-electron chi connectivity index (χ4n) is 2.24. The van der Waals surface area contributed by atoms with E-state index in [0.717, 1.165) is 11.1 Å². The van der Waals surface area contributed by atoms with Crippen LogP contribution in [0.3, 0.4) is 0 Å². The number of hydrogen-bond acceptors (Lipinski definition) is 3. The standard InChI is InChI=1S/C16H20O3/c1-5-8-11(4)12(9-6-2)14-13(10-7-3)15(17)19-16(14)18/h5-10,13-14H,1-4H3/b8-5+,9-6+,10-7+,12-11-. The van der Waals surface area contributed by atoms with E-state index in [1.807, 2.05) is 52.0 Å². The highest BCUT2D eigenvalue weighted by atomic mass is 16.6. The van der Waals surface area contributed by atoms with Gasteiger partial charge in [-0.05, 0) is 38.8 Å². The molecule has 0 bridgehead atoms. The maximum atomic E-state index is 11.9. The molecule has 1 heterocycles. The lowest BCUT2D eigenvalue weighted by atomic mass is 9.84. The third-order valence-corrected chi connectivity index (χ3v) is 3.04. The summed E-state index contributed by atoms with van der Waals surface area (Å²) < 4.78 is 4.77. The van der Waals surface area contributed by atoms with Crippen LogP contribution in [-0.4, -0.2) is 11.9 Å². The van der Waals surface area contributed by atoms with Crippen LogP contribution in [0.2, 0.25) is 0 Å². The zero-order chi connectivity index (χ0) is 14.4. The molecule has 0 aromatic carbocycles. The molecule has 1 saturated heterocycles. The largest absolute Gasteiger partial charge is 0.392 e. The number of hydrogen-bond donors (Lipinski definition) is 0. The molecule has 0 spiro atoms. The fraction of sp³-hybridized carbons (Fsp3) is 0.375. The molecule has 0 N–H and O–H groups in total. The predicted octanol–water partition coefficient (Wildman–Crippen LogP) is 3.35. The Kier molecular flexibility index (Phi) is 5.49. The van der Waals surface area contributed by atoms with E-state index in [0.29, 0.717) is 0 Å². The van der Waals surface area contributed by atoms with Gasteiger partial charge in [0.2, 0.25) is 0 Å². The first-order valence-electron chi connectivity index (χ1n) is 6.41. The van der Waals surface area contributed by atoms with Crippen LogP contribution in [0, 0.1) is 11.8 Å². The highest BCUT2D eigenvalue weighted by molar-refractivity contribution is 5.99. The normalized spacial score (nSPS) is 25.7. The Hall–Kier alpha value is -1.90. The highest BCUT2D eigenvalue weighted by Crippen LogP contribution is 2.33. The van der Waals surface area contributed by atoms with Crippen molar-refractivity contribution < 1.29 is 14.3 Å². The summed E-state index contributed by atoms with van der Waals surface area (Å²) in [6, 6.07) is 0. The van der Waals surface area contributed by atoms with E-state index < -0.39 is 23.8 Å². The molecule has 1 rings (SSSR count). The van der Waals surface area contributed by atoms with Crippen LogP contribution >= 0.6 is 0 Å². The molecule has 0 aromatic rings. The molecule has 3 nitrogen and oxygen atoms in total. The average molecular weight is 260 g/mol. The second kappa shape index (κ2) is 6.88. The van der Waals surface area contributed by atoms with Gasteiger partial charge in [-0.1, -0.05) is 36.5 Å². The molecule has 2 unspecified atom stereocenters. The Bertz CT molecular complexity index is 478. The van der Waals surface area contributed by atoms with E-state index in [4.69, 9.17) is 4.74 Å². The van der Waals surface area contributed by atoms with Crippen molar-refractivity contribution in [2.75, 3.05) is 0 Å². The van der Waals surface area contributed by atoms with Crippen molar-refractivity contribution >= 4 is 11.9 Å². The molecule has 102 valence electrons. The van der Waals surface area contributed by atoms with Crippen LogP contribution in [0.5, 0.6) is 0 Å². The summed E-state index contributed by atoms with van der Waals surface area (Å²) >= 11 is 0. The topological polar surface area (TPSA) is 43.4 Å². The van der Waals surface area contributed by atoms with Gasteiger partial charge < -0.3 is 4.74 Å². The second-order valence-corrected chi connectivity index (χ2v) is 4.41. The van der Waals surface area contributed by atoms with Crippen molar-refractivity contribution in [1.82, 2.24) is 0 Å². The van der Waals surface area contributed by atoms with Gasteiger partial charge in [0.15, 0.2) is 0 Å².